The molecule has 19 heavy (non-hydrogen) atoms. The summed E-state index contributed by atoms with van der Waals surface area (Å²) in [6, 6.07) is 4.08. The van der Waals surface area contributed by atoms with Crippen LogP contribution in [0.4, 0.5) is 0 Å². The summed E-state index contributed by atoms with van der Waals surface area (Å²) in [5.41, 5.74) is 3.33. The summed E-state index contributed by atoms with van der Waals surface area (Å²) in [5, 5.41) is 10.4. The van der Waals surface area contributed by atoms with Gasteiger partial charge in [-0.05, 0) is 69.5 Å². The third-order valence-corrected chi connectivity index (χ3v) is 4.12. The van der Waals surface area contributed by atoms with E-state index in [0.29, 0.717) is 0 Å². The Bertz CT molecular complexity index is 425. The van der Waals surface area contributed by atoms with Crippen molar-refractivity contribution in [1.82, 2.24) is 4.90 Å². The SMILES string of the molecule is COc1cc(C)c(C)cc1C(O)CCN1CCCC1. The molecule has 0 spiro atoms. The molecule has 1 aliphatic heterocycles. The summed E-state index contributed by atoms with van der Waals surface area (Å²) in [7, 11) is 1.67. The molecule has 0 saturated carbocycles. The Labute approximate surface area is 116 Å². The van der Waals surface area contributed by atoms with Crippen LogP contribution < -0.4 is 4.74 Å². The van der Waals surface area contributed by atoms with Crippen molar-refractivity contribution in [2.45, 2.75) is 39.2 Å². The second-order valence-corrected chi connectivity index (χ2v) is 5.53. The highest BCUT2D eigenvalue weighted by Gasteiger charge is 2.17. The molecule has 1 saturated heterocycles. The monoisotopic (exact) mass is 263 g/mol. The molecule has 0 bridgehead atoms. The average Bonchev–Trinajstić information content (AvgIpc) is 2.91. The molecule has 1 aromatic carbocycles. The van der Waals surface area contributed by atoms with Gasteiger partial charge in [0.15, 0.2) is 0 Å². The average molecular weight is 263 g/mol. The highest BCUT2D eigenvalue weighted by molar-refractivity contribution is 5.42. The third-order valence-electron chi connectivity index (χ3n) is 4.12. The van der Waals surface area contributed by atoms with Crippen LogP contribution in [-0.2, 0) is 0 Å². The fraction of sp³-hybridized carbons (Fsp3) is 0.625. The van der Waals surface area contributed by atoms with Crippen LogP contribution in [0.25, 0.3) is 0 Å². The zero-order valence-corrected chi connectivity index (χ0v) is 12.3. The predicted octanol–water partition coefficient (Wildman–Crippen LogP) is 2.83. The van der Waals surface area contributed by atoms with Crippen molar-refractivity contribution in [3.05, 3.63) is 28.8 Å². The molecule has 106 valence electrons. The number of ether oxygens (including phenoxy) is 1. The van der Waals surface area contributed by atoms with Gasteiger partial charge in [0.25, 0.3) is 0 Å². The van der Waals surface area contributed by atoms with Crippen LogP contribution in [0.15, 0.2) is 12.1 Å². The van der Waals surface area contributed by atoms with Crippen molar-refractivity contribution in [1.29, 1.82) is 0 Å². The maximum absolute atomic E-state index is 10.4. The summed E-state index contributed by atoms with van der Waals surface area (Å²) in [6.07, 6.45) is 2.93. The summed E-state index contributed by atoms with van der Waals surface area (Å²) in [6.45, 7) is 7.47. The van der Waals surface area contributed by atoms with Crippen LogP contribution in [0.5, 0.6) is 5.75 Å². The van der Waals surface area contributed by atoms with Gasteiger partial charge in [0, 0.05) is 12.1 Å². The molecule has 0 radical (unpaired) electrons. The molecule has 1 unspecified atom stereocenters. The predicted molar refractivity (Wildman–Crippen MR) is 77.7 cm³/mol. The summed E-state index contributed by atoms with van der Waals surface area (Å²) < 4.78 is 5.40. The van der Waals surface area contributed by atoms with Gasteiger partial charge < -0.3 is 14.7 Å². The third kappa shape index (κ3) is 3.48. The van der Waals surface area contributed by atoms with Gasteiger partial charge in [0.2, 0.25) is 0 Å². The van der Waals surface area contributed by atoms with E-state index in [9.17, 15) is 5.11 Å². The topological polar surface area (TPSA) is 32.7 Å². The number of benzene rings is 1. The summed E-state index contributed by atoms with van der Waals surface area (Å²) in [5.74, 6) is 0.803. The molecule has 1 heterocycles. The zero-order valence-electron chi connectivity index (χ0n) is 12.3. The van der Waals surface area contributed by atoms with Gasteiger partial charge in [-0.1, -0.05) is 0 Å². The largest absolute Gasteiger partial charge is 0.496 e. The molecule has 0 aliphatic carbocycles. The maximum Gasteiger partial charge on any atom is 0.124 e. The van der Waals surface area contributed by atoms with Gasteiger partial charge in [-0.3, -0.25) is 0 Å². The van der Waals surface area contributed by atoms with E-state index in [1.165, 1.54) is 37.1 Å². The molecule has 3 heteroatoms. The van der Waals surface area contributed by atoms with E-state index in [0.717, 1.165) is 24.3 Å². The Morgan fingerprint density at radius 2 is 1.84 bits per heavy atom. The molecule has 0 amide bonds. The normalized spacial score (nSPS) is 17.7. The van der Waals surface area contributed by atoms with Crippen molar-refractivity contribution < 1.29 is 9.84 Å². The lowest BCUT2D eigenvalue weighted by Crippen LogP contribution is -2.22. The van der Waals surface area contributed by atoms with E-state index < -0.39 is 6.10 Å². The minimum absolute atomic E-state index is 0.435. The van der Waals surface area contributed by atoms with Crippen LogP contribution in [0.3, 0.4) is 0 Å². The minimum atomic E-state index is -0.435. The number of likely N-dealkylation sites (tertiary alicyclic amines) is 1. The highest BCUT2D eigenvalue weighted by atomic mass is 16.5. The lowest BCUT2D eigenvalue weighted by atomic mass is 9.99. The van der Waals surface area contributed by atoms with Crippen molar-refractivity contribution in [3.63, 3.8) is 0 Å². The number of methoxy groups -OCH3 is 1. The smallest absolute Gasteiger partial charge is 0.124 e. The number of rotatable bonds is 5. The van der Waals surface area contributed by atoms with E-state index in [2.05, 4.69) is 24.8 Å². The van der Waals surface area contributed by atoms with Crippen molar-refractivity contribution in [2.24, 2.45) is 0 Å². The van der Waals surface area contributed by atoms with Crippen molar-refractivity contribution in [3.8, 4) is 5.75 Å². The summed E-state index contributed by atoms with van der Waals surface area (Å²) >= 11 is 0. The minimum Gasteiger partial charge on any atom is -0.496 e. The molecule has 3 nitrogen and oxygen atoms in total. The molecular weight excluding hydrogens is 238 g/mol. The van der Waals surface area contributed by atoms with E-state index in [-0.39, 0.29) is 0 Å². The Kier molecular flexibility index (Phi) is 4.83. The number of aliphatic hydroxyl groups is 1. The van der Waals surface area contributed by atoms with Crippen LogP contribution in [0, 0.1) is 13.8 Å². The first kappa shape index (κ1) is 14.4. The molecule has 1 aliphatic rings. The van der Waals surface area contributed by atoms with Crippen LogP contribution in [0.1, 0.15) is 42.1 Å². The van der Waals surface area contributed by atoms with E-state index in [1.54, 1.807) is 7.11 Å². The number of nitrogens with zero attached hydrogens (tertiary/aromatic N) is 1. The van der Waals surface area contributed by atoms with Gasteiger partial charge in [-0.15, -0.1) is 0 Å². The first-order valence-corrected chi connectivity index (χ1v) is 7.17. The van der Waals surface area contributed by atoms with Gasteiger partial charge >= 0.3 is 0 Å². The standard InChI is InChI=1S/C16H25NO2/c1-12-10-14(16(19-3)11-13(12)2)15(18)6-9-17-7-4-5-8-17/h10-11,15,18H,4-9H2,1-3H3. The number of hydrogen-bond donors (Lipinski definition) is 1. The second-order valence-electron chi connectivity index (χ2n) is 5.53. The Morgan fingerprint density at radius 3 is 2.47 bits per heavy atom. The van der Waals surface area contributed by atoms with E-state index >= 15 is 0 Å². The number of aryl methyl sites for hydroxylation is 2. The Balaban J connectivity index is 2.04. The van der Waals surface area contributed by atoms with Crippen LogP contribution in [-0.4, -0.2) is 36.8 Å². The number of aliphatic hydroxyl groups excluding tert-OH is 1. The molecule has 2 rings (SSSR count). The highest BCUT2D eigenvalue weighted by Crippen LogP contribution is 2.30. The fourth-order valence-corrected chi connectivity index (χ4v) is 2.72. The summed E-state index contributed by atoms with van der Waals surface area (Å²) in [4.78, 5) is 2.43. The lowest BCUT2D eigenvalue weighted by molar-refractivity contribution is 0.145. The van der Waals surface area contributed by atoms with Gasteiger partial charge in [-0.25, -0.2) is 0 Å². The van der Waals surface area contributed by atoms with Gasteiger partial charge in [-0.2, -0.15) is 0 Å². The van der Waals surface area contributed by atoms with Crippen molar-refractivity contribution >= 4 is 0 Å². The first-order valence-electron chi connectivity index (χ1n) is 7.17. The first-order chi connectivity index (χ1) is 9.11. The van der Waals surface area contributed by atoms with Gasteiger partial charge in [0.1, 0.15) is 5.75 Å². The molecular formula is C16H25NO2. The van der Waals surface area contributed by atoms with Crippen LogP contribution >= 0.6 is 0 Å². The molecule has 0 aromatic heterocycles. The molecule has 1 atom stereocenters. The van der Waals surface area contributed by atoms with Gasteiger partial charge in [0.05, 0.1) is 13.2 Å². The second kappa shape index (κ2) is 6.40. The van der Waals surface area contributed by atoms with E-state index in [1.807, 2.05) is 6.07 Å². The quantitative estimate of drug-likeness (QED) is 0.886. The molecule has 1 N–H and O–H groups in total. The molecule has 1 aromatic rings. The zero-order chi connectivity index (χ0) is 13.8. The Hall–Kier alpha value is -1.06. The van der Waals surface area contributed by atoms with Crippen molar-refractivity contribution in [2.75, 3.05) is 26.7 Å². The number of hydrogen-bond acceptors (Lipinski definition) is 3. The Morgan fingerprint density at radius 1 is 1.21 bits per heavy atom. The van der Waals surface area contributed by atoms with E-state index in [4.69, 9.17) is 4.74 Å². The maximum atomic E-state index is 10.4. The fourth-order valence-electron chi connectivity index (χ4n) is 2.72. The lowest BCUT2D eigenvalue weighted by Gasteiger charge is -2.20. The van der Waals surface area contributed by atoms with Crippen LogP contribution in [0.2, 0.25) is 0 Å². The molecule has 1 fully saturated rings.